The van der Waals surface area contributed by atoms with Crippen LogP contribution in [-0.2, 0) is 12.7 Å². The minimum atomic E-state index is -4.53. The molecule has 0 radical (unpaired) electrons. The second kappa shape index (κ2) is 8.66. The summed E-state index contributed by atoms with van der Waals surface area (Å²) in [5.74, 6) is 0. The van der Waals surface area contributed by atoms with Crippen molar-refractivity contribution in [1.29, 1.82) is 0 Å². The average Bonchev–Trinajstić information content (AvgIpc) is 3.16. The first-order valence-corrected chi connectivity index (χ1v) is 10.9. The molecule has 0 saturated carbocycles. The molecular weight excluding hydrogens is 479 g/mol. The molecule has 176 valence electrons. The highest BCUT2D eigenvalue weighted by Gasteiger charge is 2.32. The largest absolute Gasteiger partial charge is 0.433 e. The number of benzene rings is 1. The van der Waals surface area contributed by atoms with Gasteiger partial charge in [0.05, 0.1) is 6.54 Å². The smallest absolute Gasteiger partial charge is 0.265 e. The van der Waals surface area contributed by atoms with Gasteiger partial charge in [0.1, 0.15) is 5.69 Å². The van der Waals surface area contributed by atoms with Crippen molar-refractivity contribution in [3.63, 3.8) is 0 Å². The summed E-state index contributed by atoms with van der Waals surface area (Å²) in [5.41, 5.74) is 3.37. The van der Waals surface area contributed by atoms with E-state index in [1.54, 1.807) is 31.5 Å². The van der Waals surface area contributed by atoms with Crippen LogP contribution in [0.4, 0.5) is 13.2 Å². The van der Waals surface area contributed by atoms with Crippen molar-refractivity contribution >= 4 is 17.2 Å². The maximum Gasteiger partial charge on any atom is 0.433 e. The molecule has 0 N–H and O–H groups in total. The van der Waals surface area contributed by atoms with Crippen molar-refractivity contribution in [2.24, 2.45) is 0 Å². The fourth-order valence-electron chi connectivity index (χ4n) is 3.98. The molecule has 1 aromatic carbocycles. The summed E-state index contributed by atoms with van der Waals surface area (Å²) in [6.07, 6.45) is -0.122. The number of alkyl halides is 3. The van der Waals surface area contributed by atoms with E-state index in [9.17, 15) is 18.0 Å². The van der Waals surface area contributed by atoms with Crippen LogP contribution in [0, 0.1) is 6.92 Å². The molecule has 0 aliphatic rings. The van der Waals surface area contributed by atoms with Crippen molar-refractivity contribution in [3.05, 3.63) is 106 Å². The Kier molecular flexibility index (Phi) is 5.64. The third kappa shape index (κ3) is 4.30. The van der Waals surface area contributed by atoms with E-state index in [1.165, 1.54) is 15.1 Å². The van der Waals surface area contributed by atoms with E-state index in [1.807, 2.05) is 30.3 Å². The Morgan fingerprint density at radius 1 is 0.971 bits per heavy atom. The van der Waals surface area contributed by atoms with Gasteiger partial charge < -0.3 is 0 Å². The van der Waals surface area contributed by atoms with Gasteiger partial charge >= 0.3 is 11.9 Å². The zero-order valence-corrected chi connectivity index (χ0v) is 19.0. The van der Waals surface area contributed by atoms with Gasteiger partial charge in [-0.3, -0.25) is 9.97 Å². The topological polar surface area (TPSA) is 65.1 Å². The van der Waals surface area contributed by atoms with E-state index in [0.29, 0.717) is 21.9 Å². The molecule has 0 aliphatic carbocycles. The van der Waals surface area contributed by atoms with Crippen LogP contribution in [0.15, 0.2) is 78.0 Å². The first-order valence-electron chi connectivity index (χ1n) is 10.5. The number of fused-ring (bicyclic) bond motifs is 1. The van der Waals surface area contributed by atoms with Crippen molar-refractivity contribution in [2.45, 2.75) is 19.6 Å². The van der Waals surface area contributed by atoms with Gasteiger partial charge in [-0.15, -0.1) is 5.10 Å². The summed E-state index contributed by atoms with van der Waals surface area (Å²) in [6, 6.07) is 15.1. The molecule has 0 amide bonds. The second-order valence-corrected chi connectivity index (χ2v) is 8.40. The molecule has 0 saturated heterocycles. The van der Waals surface area contributed by atoms with Gasteiger partial charge in [-0.2, -0.15) is 13.2 Å². The van der Waals surface area contributed by atoms with E-state index >= 15 is 0 Å². The fourth-order valence-corrected chi connectivity index (χ4v) is 4.10. The van der Waals surface area contributed by atoms with E-state index in [0.717, 1.165) is 34.5 Å². The van der Waals surface area contributed by atoms with Crippen LogP contribution in [0.5, 0.6) is 0 Å². The molecule has 6 nitrogen and oxygen atoms in total. The lowest BCUT2D eigenvalue weighted by molar-refractivity contribution is -0.141. The summed E-state index contributed by atoms with van der Waals surface area (Å²) in [5, 5.41) is 5.19. The SMILES string of the molecule is Cc1cc(-c2ccc(Cl)cc2)c(-c2ccncc2)c2nn(Cc3ccc(C(F)(F)F)nc3)c(=O)n12. The minimum absolute atomic E-state index is 0.0306. The lowest BCUT2D eigenvalue weighted by Gasteiger charge is -2.13. The van der Waals surface area contributed by atoms with E-state index in [-0.39, 0.29) is 6.54 Å². The highest BCUT2D eigenvalue weighted by atomic mass is 35.5. The molecule has 0 spiro atoms. The number of hydrogen-bond donors (Lipinski definition) is 0. The third-order valence-electron chi connectivity index (χ3n) is 5.61. The van der Waals surface area contributed by atoms with E-state index in [2.05, 4.69) is 15.1 Å². The summed E-state index contributed by atoms with van der Waals surface area (Å²) in [7, 11) is 0. The van der Waals surface area contributed by atoms with Crippen molar-refractivity contribution in [2.75, 3.05) is 0 Å². The Labute approximate surface area is 202 Å². The first kappa shape index (κ1) is 22.8. The lowest BCUT2D eigenvalue weighted by atomic mass is 9.95. The molecule has 5 rings (SSSR count). The standard InChI is InChI=1S/C25H17ClF3N5O/c1-15-12-20(17-3-5-19(26)6-4-17)22(18-8-10-30-11-9-18)23-32-33(24(35)34(15)23)14-16-2-7-21(31-13-16)25(27,28)29/h2-13H,14H2,1H3. The maximum atomic E-state index is 13.3. The molecule has 0 aliphatic heterocycles. The Morgan fingerprint density at radius 3 is 2.31 bits per heavy atom. The van der Waals surface area contributed by atoms with Gasteiger partial charge in [-0.25, -0.2) is 13.9 Å². The van der Waals surface area contributed by atoms with Crippen LogP contribution in [-0.4, -0.2) is 24.1 Å². The maximum absolute atomic E-state index is 13.3. The predicted octanol–water partition coefficient (Wildman–Crippen LogP) is 5.65. The Hall–Kier alpha value is -3.98. The number of hydrogen-bond acceptors (Lipinski definition) is 4. The third-order valence-corrected chi connectivity index (χ3v) is 5.86. The van der Waals surface area contributed by atoms with Crippen LogP contribution >= 0.6 is 11.6 Å². The van der Waals surface area contributed by atoms with Gasteiger partial charge in [0.2, 0.25) is 0 Å². The minimum Gasteiger partial charge on any atom is -0.265 e. The molecule has 0 fully saturated rings. The van der Waals surface area contributed by atoms with Gasteiger partial charge in [-0.05, 0) is 65.6 Å². The van der Waals surface area contributed by atoms with Crippen molar-refractivity contribution in [3.8, 4) is 22.3 Å². The second-order valence-electron chi connectivity index (χ2n) is 7.97. The highest BCUT2D eigenvalue weighted by Crippen LogP contribution is 2.36. The van der Waals surface area contributed by atoms with Crippen LogP contribution in [0.25, 0.3) is 27.9 Å². The molecule has 5 aromatic rings. The summed E-state index contributed by atoms with van der Waals surface area (Å²) >= 11 is 6.08. The zero-order valence-electron chi connectivity index (χ0n) is 18.3. The molecule has 0 unspecified atom stereocenters. The number of nitrogens with zero attached hydrogens (tertiary/aromatic N) is 5. The summed E-state index contributed by atoms with van der Waals surface area (Å²) < 4.78 is 41.3. The number of pyridine rings is 3. The van der Waals surface area contributed by atoms with Gasteiger partial charge in [0.25, 0.3) is 0 Å². The van der Waals surface area contributed by atoms with Crippen LogP contribution < -0.4 is 5.69 Å². The molecule has 0 bridgehead atoms. The van der Waals surface area contributed by atoms with E-state index in [4.69, 9.17) is 11.6 Å². The van der Waals surface area contributed by atoms with E-state index < -0.39 is 17.6 Å². The molecule has 4 heterocycles. The summed E-state index contributed by atoms with van der Waals surface area (Å²) in [6.45, 7) is 1.77. The molecule has 0 atom stereocenters. The summed E-state index contributed by atoms with van der Waals surface area (Å²) in [4.78, 5) is 20.9. The first-order chi connectivity index (χ1) is 16.7. The average molecular weight is 496 g/mol. The number of rotatable bonds is 4. The molecule has 10 heteroatoms. The van der Waals surface area contributed by atoms with Gasteiger partial charge in [0.15, 0.2) is 5.65 Å². The van der Waals surface area contributed by atoms with Crippen molar-refractivity contribution in [1.82, 2.24) is 24.1 Å². The normalized spacial score (nSPS) is 11.8. The lowest BCUT2D eigenvalue weighted by Crippen LogP contribution is -2.23. The molecule has 4 aromatic heterocycles. The van der Waals surface area contributed by atoms with Gasteiger partial charge in [0, 0.05) is 34.9 Å². The number of aromatic nitrogens is 5. The highest BCUT2D eigenvalue weighted by molar-refractivity contribution is 6.30. The zero-order chi connectivity index (χ0) is 24.7. The Morgan fingerprint density at radius 2 is 1.69 bits per heavy atom. The molecule has 35 heavy (non-hydrogen) atoms. The fraction of sp³-hybridized carbons (Fsp3) is 0.120. The van der Waals surface area contributed by atoms with Gasteiger partial charge in [-0.1, -0.05) is 29.8 Å². The number of halogens is 4. The quantitative estimate of drug-likeness (QED) is 0.323. The Bertz CT molecular complexity index is 1580. The monoisotopic (exact) mass is 495 g/mol. The predicted molar refractivity (Wildman–Crippen MR) is 126 cm³/mol. The Balaban J connectivity index is 1.69. The van der Waals surface area contributed by atoms with Crippen LogP contribution in [0.3, 0.4) is 0 Å². The number of aryl methyl sites for hydroxylation is 1. The van der Waals surface area contributed by atoms with Crippen LogP contribution in [0.2, 0.25) is 5.02 Å². The molecular formula is C25H17ClF3N5O. The van der Waals surface area contributed by atoms with Crippen molar-refractivity contribution < 1.29 is 13.2 Å². The van der Waals surface area contributed by atoms with Crippen LogP contribution in [0.1, 0.15) is 17.0 Å².